The van der Waals surface area contributed by atoms with Gasteiger partial charge in [-0.2, -0.15) is 0 Å². The van der Waals surface area contributed by atoms with Gasteiger partial charge >= 0.3 is 0 Å². The zero-order chi connectivity index (χ0) is 8.13. The minimum Gasteiger partial charge on any atom is -0.299 e. The van der Waals surface area contributed by atoms with Crippen molar-refractivity contribution >= 4 is 5.78 Å². The number of ketones is 1. The molecule has 4 atom stereocenters. The van der Waals surface area contributed by atoms with Crippen molar-refractivity contribution in [2.45, 2.75) is 25.7 Å². The van der Waals surface area contributed by atoms with Crippen LogP contribution in [0.5, 0.6) is 0 Å². The fraction of sp³-hybridized carbons (Fsp3) is 0.727. The quantitative estimate of drug-likeness (QED) is 0.499. The van der Waals surface area contributed by atoms with E-state index in [9.17, 15) is 4.79 Å². The van der Waals surface area contributed by atoms with E-state index < -0.39 is 0 Å². The number of allylic oxidation sites excluding steroid dienone is 2. The van der Waals surface area contributed by atoms with Crippen LogP contribution in [0.4, 0.5) is 0 Å². The summed E-state index contributed by atoms with van der Waals surface area (Å²) in [5.74, 6) is 3.09. The summed E-state index contributed by atoms with van der Waals surface area (Å²) in [6.07, 6.45) is 9.21. The van der Waals surface area contributed by atoms with Crippen LogP contribution in [0.2, 0.25) is 0 Å². The monoisotopic (exact) mass is 162 g/mol. The summed E-state index contributed by atoms with van der Waals surface area (Å²) in [7, 11) is 0. The summed E-state index contributed by atoms with van der Waals surface area (Å²) < 4.78 is 0. The highest BCUT2D eigenvalue weighted by Gasteiger charge is 2.51. The third-order valence-corrected chi connectivity index (χ3v) is 4.03. The molecule has 1 nitrogen and oxygen atoms in total. The summed E-state index contributed by atoms with van der Waals surface area (Å²) in [6.45, 7) is 0. The number of rotatable bonds is 0. The predicted molar refractivity (Wildman–Crippen MR) is 46.6 cm³/mol. The van der Waals surface area contributed by atoms with E-state index in [1.165, 1.54) is 19.3 Å². The molecule has 3 aliphatic carbocycles. The molecule has 0 aromatic heterocycles. The molecule has 0 aromatic rings. The van der Waals surface area contributed by atoms with Gasteiger partial charge in [0.05, 0.1) is 0 Å². The molecule has 0 unspecified atom stereocenters. The maximum absolute atomic E-state index is 11.7. The second-order valence-corrected chi connectivity index (χ2v) is 4.54. The smallest absolute Gasteiger partial charge is 0.139 e. The first kappa shape index (κ1) is 6.88. The molecule has 0 N–H and O–H groups in total. The van der Waals surface area contributed by atoms with Crippen molar-refractivity contribution in [1.82, 2.24) is 0 Å². The van der Waals surface area contributed by atoms with Crippen LogP contribution in [0.15, 0.2) is 12.2 Å². The molecular weight excluding hydrogens is 148 g/mol. The molecule has 0 radical (unpaired) electrons. The molecular formula is C11H14O. The lowest BCUT2D eigenvalue weighted by Crippen LogP contribution is -2.26. The number of carbonyl (C=O) groups excluding carboxylic acids is 1. The Labute approximate surface area is 72.8 Å². The Balaban J connectivity index is 1.99. The van der Waals surface area contributed by atoms with Crippen molar-refractivity contribution < 1.29 is 4.79 Å². The number of hydrogen-bond donors (Lipinski definition) is 0. The van der Waals surface area contributed by atoms with Gasteiger partial charge in [0.2, 0.25) is 0 Å². The average molecular weight is 162 g/mol. The van der Waals surface area contributed by atoms with Crippen molar-refractivity contribution in [3.05, 3.63) is 12.2 Å². The van der Waals surface area contributed by atoms with Gasteiger partial charge in [-0.25, -0.2) is 0 Å². The molecule has 0 amide bonds. The lowest BCUT2D eigenvalue weighted by Gasteiger charge is -2.24. The molecule has 64 valence electrons. The van der Waals surface area contributed by atoms with E-state index in [1.807, 2.05) is 0 Å². The van der Waals surface area contributed by atoms with E-state index >= 15 is 0 Å². The topological polar surface area (TPSA) is 17.1 Å². The largest absolute Gasteiger partial charge is 0.299 e. The van der Waals surface area contributed by atoms with E-state index in [1.54, 1.807) is 0 Å². The molecule has 2 saturated carbocycles. The van der Waals surface area contributed by atoms with Crippen LogP contribution in [0, 0.1) is 23.7 Å². The summed E-state index contributed by atoms with van der Waals surface area (Å²) in [4.78, 5) is 11.7. The van der Waals surface area contributed by atoms with Crippen molar-refractivity contribution in [2.24, 2.45) is 23.7 Å². The van der Waals surface area contributed by atoms with Crippen molar-refractivity contribution in [3.63, 3.8) is 0 Å². The number of fused-ring (bicyclic) bond motifs is 1. The Morgan fingerprint density at radius 1 is 1.17 bits per heavy atom. The Bertz CT molecular complexity index is 254. The minimum atomic E-state index is 0.424. The van der Waals surface area contributed by atoms with Crippen molar-refractivity contribution in [1.29, 1.82) is 0 Å². The molecule has 0 spiro atoms. The van der Waals surface area contributed by atoms with Gasteiger partial charge in [-0.3, -0.25) is 4.79 Å². The van der Waals surface area contributed by atoms with Gasteiger partial charge in [-0.15, -0.1) is 0 Å². The van der Waals surface area contributed by atoms with E-state index in [-0.39, 0.29) is 0 Å². The van der Waals surface area contributed by atoms with Crippen molar-refractivity contribution in [3.8, 4) is 0 Å². The first-order chi connectivity index (χ1) is 5.86. The van der Waals surface area contributed by atoms with Crippen LogP contribution in [0.3, 0.4) is 0 Å². The number of carbonyl (C=O) groups is 1. The molecule has 3 rings (SSSR count). The van der Waals surface area contributed by atoms with Crippen LogP contribution in [0.25, 0.3) is 0 Å². The maximum atomic E-state index is 11.7. The second-order valence-electron chi connectivity index (χ2n) is 4.54. The van der Waals surface area contributed by atoms with Gasteiger partial charge in [-0.05, 0) is 37.5 Å². The first-order valence-electron chi connectivity index (χ1n) is 5.05. The highest BCUT2D eigenvalue weighted by Crippen LogP contribution is 2.53. The molecule has 2 bridgehead atoms. The van der Waals surface area contributed by atoms with Crippen LogP contribution >= 0.6 is 0 Å². The third kappa shape index (κ3) is 0.720. The van der Waals surface area contributed by atoms with Crippen LogP contribution in [-0.2, 0) is 4.79 Å². The van der Waals surface area contributed by atoms with Gasteiger partial charge in [0.15, 0.2) is 0 Å². The van der Waals surface area contributed by atoms with Gasteiger partial charge in [-0.1, -0.05) is 12.2 Å². The van der Waals surface area contributed by atoms with E-state index in [2.05, 4.69) is 12.2 Å². The van der Waals surface area contributed by atoms with Crippen LogP contribution in [-0.4, -0.2) is 5.78 Å². The molecule has 3 aliphatic rings. The second kappa shape index (κ2) is 2.21. The Kier molecular flexibility index (Phi) is 1.27. The zero-order valence-electron chi connectivity index (χ0n) is 7.20. The third-order valence-electron chi connectivity index (χ3n) is 4.03. The molecule has 2 fully saturated rings. The fourth-order valence-electron chi connectivity index (χ4n) is 3.47. The molecule has 0 aliphatic heterocycles. The highest BCUT2D eigenvalue weighted by atomic mass is 16.1. The normalized spacial score (nSPS) is 49.8. The highest BCUT2D eigenvalue weighted by molar-refractivity contribution is 5.87. The van der Waals surface area contributed by atoms with E-state index in [0.29, 0.717) is 17.6 Å². The molecule has 12 heavy (non-hydrogen) atoms. The fourth-order valence-corrected chi connectivity index (χ4v) is 3.47. The Morgan fingerprint density at radius 3 is 2.83 bits per heavy atom. The van der Waals surface area contributed by atoms with Gasteiger partial charge < -0.3 is 0 Å². The van der Waals surface area contributed by atoms with E-state index in [0.717, 1.165) is 18.3 Å². The van der Waals surface area contributed by atoms with Gasteiger partial charge in [0, 0.05) is 11.8 Å². The SMILES string of the molecule is O=C1[C@@H]2C[C@@H]3CC=CC[C@H]1[C@@H]3C2. The molecule has 0 heterocycles. The lowest BCUT2D eigenvalue weighted by molar-refractivity contribution is -0.126. The van der Waals surface area contributed by atoms with Gasteiger partial charge in [0.1, 0.15) is 5.78 Å². The lowest BCUT2D eigenvalue weighted by atomic mass is 9.79. The molecule has 1 heteroatoms. The zero-order valence-corrected chi connectivity index (χ0v) is 7.20. The van der Waals surface area contributed by atoms with Crippen molar-refractivity contribution in [2.75, 3.05) is 0 Å². The van der Waals surface area contributed by atoms with E-state index in [4.69, 9.17) is 0 Å². The Hall–Kier alpha value is -0.590. The predicted octanol–water partition coefficient (Wildman–Crippen LogP) is 2.18. The number of hydrogen-bond acceptors (Lipinski definition) is 1. The molecule has 0 aromatic carbocycles. The van der Waals surface area contributed by atoms with Crippen LogP contribution in [0.1, 0.15) is 25.7 Å². The minimum absolute atomic E-state index is 0.424. The summed E-state index contributed by atoms with van der Waals surface area (Å²) in [6, 6.07) is 0. The Morgan fingerprint density at radius 2 is 2.00 bits per heavy atom. The standard InChI is InChI=1S/C11H14O/c12-11-8-5-7-3-1-2-4-9(11)10(7)6-8/h1-2,7-10H,3-6H2/t7-,8+,9-,10+/m0/s1. The maximum Gasteiger partial charge on any atom is 0.139 e. The van der Waals surface area contributed by atoms with Crippen LogP contribution < -0.4 is 0 Å². The van der Waals surface area contributed by atoms with Gasteiger partial charge in [0.25, 0.3) is 0 Å². The summed E-state index contributed by atoms with van der Waals surface area (Å²) in [5.41, 5.74) is 0. The first-order valence-corrected chi connectivity index (χ1v) is 5.05. The molecule has 0 saturated heterocycles. The summed E-state index contributed by atoms with van der Waals surface area (Å²) in [5, 5.41) is 0. The summed E-state index contributed by atoms with van der Waals surface area (Å²) >= 11 is 0. The number of Topliss-reactive ketones (excluding diaryl/α,β-unsaturated/α-hetero) is 1. The average Bonchev–Trinajstić information content (AvgIpc) is 2.55.